The van der Waals surface area contributed by atoms with Crippen LogP contribution in [0.25, 0.3) is 5.69 Å². The highest BCUT2D eigenvalue weighted by molar-refractivity contribution is 7.99. The molecule has 1 saturated carbocycles. The van der Waals surface area contributed by atoms with Gasteiger partial charge in [0.1, 0.15) is 0 Å². The molecule has 2 fully saturated rings. The average molecular weight is 628 g/mol. The number of hydrogen-bond acceptors (Lipinski definition) is 8. The number of halogens is 2. The first-order valence-corrected chi connectivity index (χ1v) is 15.5. The van der Waals surface area contributed by atoms with Gasteiger partial charge in [-0.3, -0.25) is 14.5 Å². The van der Waals surface area contributed by atoms with Gasteiger partial charge in [0.2, 0.25) is 17.0 Å². The lowest BCUT2D eigenvalue weighted by Crippen LogP contribution is -2.51. The highest BCUT2D eigenvalue weighted by atomic mass is 35.5. The van der Waals surface area contributed by atoms with Gasteiger partial charge in [-0.25, -0.2) is 0 Å². The van der Waals surface area contributed by atoms with E-state index in [0.717, 1.165) is 26.2 Å². The summed E-state index contributed by atoms with van der Waals surface area (Å²) < 4.78 is 1.53. The molecule has 0 atom stereocenters. The van der Waals surface area contributed by atoms with Crippen molar-refractivity contribution in [3.63, 3.8) is 0 Å². The molecule has 220 valence electrons. The fraction of sp³-hybridized carbons (Fsp3) is 0.414. The second kappa shape index (κ2) is 13.4. The summed E-state index contributed by atoms with van der Waals surface area (Å²) in [4.78, 5) is 27.3. The van der Waals surface area contributed by atoms with Crippen molar-refractivity contribution in [2.45, 2.75) is 43.3 Å². The summed E-state index contributed by atoms with van der Waals surface area (Å²) in [5.41, 5.74) is 2.29. The Hall–Kier alpha value is -3.14. The zero-order chi connectivity index (χ0) is 29.7. The van der Waals surface area contributed by atoms with Gasteiger partial charge in [0.25, 0.3) is 0 Å². The number of amides is 2. The molecule has 1 aliphatic heterocycles. The molecule has 1 aliphatic carbocycles. The maximum Gasteiger partial charge on any atom is 0.235 e. The van der Waals surface area contributed by atoms with Gasteiger partial charge >= 0.3 is 0 Å². The number of carbonyl (C=O) groups excluding carboxylic acids is 2. The molecular weight excluding hydrogens is 595 g/mol. The van der Waals surface area contributed by atoms with E-state index in [-0.39, 0.29) is 17.6 Å². The maximum absolute atomic E-state index is 12.7. The first kappa shape index (κ1) is 30.3. The molecule has 1 saturated heterocycles. The molecule has 1 aromatic heterocycles. The van der Waals surface area contributed by atoms with Gasteiger partial charge in [-0.05, 0) is 78.9 Å². The number of aromatic nitrogens is 4. The quantitative estimate of drug-likeness (QED) is 0.243. The van der Waals surface area contributed by atoms with Gasteiger partial charge in [-0.15, -0.1) is 5.10 Å². The number of anilines is 1. The van der Waals surface area contributed by atoms with Crippen LogP contribution in [0.3, 0.4) is 0 Å². The van der Waals surface area contributed by atoms with Gasteiger partial charge in [-0.2, -0.15) is 4.68 Å². The van der Waals surface area contributed by atoms with Gasteiger partial charge < -0.3 is 16.0 Å². The van der Waals surface area contributed by atoms with Crippen LogP contribution >= 0.6 is 35.0 Å². The third-order valence-electron chi connectivity index (χ3n) is 6.81. The number of rotatable bonds is 9. The number of hydrogen-bond donors (Lipinski definition) is 3. The SMILES string of the molecule is CC(C)(C#Cc1ccc(NC(=O)CSc2nnnn2-c2ccc(C3CC3)cc2Cl)c(Cl)c1)NC(=O)CN1CCNCC1. The van der Waals surface area contributed by atoms with Gasteiger partial charge in [0.15, 0.2) is 0 Å². The Labute approximate surface area is 259 Å². The second-order valence-electron chi connectivity index (χ2n) is 10.8. The van der Waals surface area contributed by atoms with E-state index in [1.165, 1.54) is 34.8 Å². The minimum Gasteiger partial charge on any atom is -0.339 e. The lowest BCUT2D eigenvalue weighted by Gasteiger charge is -2.28. The first-order valence-electron chi connectivity index (χ1n) is 13.7. The van der Waals surface area contributed by atoms with E-state index in [1.54, 1.807) is 18.2 Å². The summed E-state index contributed by atoms with van der Waals surface area (Å²) in [7, 11) is 0. The molecule has 0 spiro atoms. The summed E-state index contributed by atoms with van der Waals surface area (Å²) >= 11 is 14.2. The summed E-state index contributed by atoms with van der Waals surface area (Å²) in [5, 5.41) is 22.3. The van der Waals surface area contributed by atoms with Crippen molar-refractivity contribution >= 4 is 52.5 Å². The molecule has 13 heteroatoms. The van der Waals surface area contributed by atoms with Crippen molar-refractivity contribution in [2.24, 2.45) is 0 Å². The van der Waals surface area contributed by atoms with Crippen LogP contribution < -0.4 is 16.0 Å². The number of benzene rings is 2. The molecule has 10 nitrogen and oxygen atoms in total. The number of nitrogens with zero attached hydrogens (tertiary/aromatic N) is 5. The van der Waals surface area contributed by atoms with Gasteiger partial charge in [-0.1, -0.05) is 52.9 Å². The predicted octanol–water partition coefficient (Wildman–Crippen LogP) is 3.73. The van der Waals surface area contributed by atoms with Crippen LogP contribution in [-0.2, 0) is 9.59 Å². The second-order valence-corrected chi connectivity index (χ2v) is 12.6. The number of carbonyl (C=O) groups is 2. The standard InChI is InChI=1S/C29H32Cl2N8O2S/c1-29(2,34-26(40)17-38-13-11-32-12-14-38)10-9-19-3-7-24(22(30)15-19)33-27(41)18-42-28-35-36-37-39(28)25-8-6-21(16-23(25)31)20-4-5-20/h3,6-8,15-16,20,32H,4-5,11-14,17-18H2,1-2H3,(H,33,41)(H,34,40). The summed E-state index contributed by atoms with van der Waals surface area (Å²) in [6, 6.07) is 11.1. The van der Waals surface area contributed by atoms with E-state index in [0.29, 0.717) is 44.6 Å². The van der Waals surface area contributed by atoms with E-state index in [2.05, 4.69) is 48.2 Å². The minimum absolute atomic E-state index is 0.0613. The zero-order valence-corrected chi connectivity index (χ0v) is 25.7. The maximum atomic E-state index is 12.7. The van der Waals surface area contributed by atoms with E-state index >= 15 is 0 Å². The molecule has 3 N–H and O–H groups in total. The van der Waals surface area contributed by atoms with Crippen LogP contribution in [0.5, 0.6) is 0 Å². The van der Waals surface area contributed by atoms with Crippen molar-refractivity contribution in [2.75, 3.05) is 43.8 Å². The molecular formula is C29H32Cl2N8O2S. The van der Waals surface area contributed by atoms with Crippen molar-refractivity contribution < 1.29 is 9.59 Å². The molecule has 2 amide bonds. The Morgan fingerprint density at radius 3 is 2.60 bits per heavy atom. The number of tetrazole rings is 1. The largest absolute Gasteiger partial charge is 0.339 e. The van der Waals surface area contributed by atoms with Crippen LogP contribution in [0.2, 0.25) is 10.0 Å². The fourth-order valence-electron chi connectivity index (χ4n) is 4.52. The first-order chi connectivity index (χ1) is 20.2. The van der Waals surface area contributed by atoms with Crippen LogP contribution in [0.15, 0.2) is 41.6 Å². The molecule has 0 radical (unpaired) electrons. The smallest absolute Gasteiger partial charge is 0.235 e. The Bertz CT molecular complexity index is 1520. The normalized spacial score (nSPS) is 15.5. The van der Waals surface area contributed by atoms with Crippen LogP contribution in [0, 0.1) is 11.8 Å². The number of thioether (sulfide) groups is 1. The summed E-state index contributed by atoms with van der Waals surface area (Å²) in [5.74, 6) is 6.51. The lowest BCUT2D eigenvalue weighted by molar-refractivity contribution is -0.123. The molecule has 0 bridgehead atoms. The van der Waals surface area contributed by atoms with Crippen molar-refractivity contribution in [3.05, 3.63) is 57.6 Å². The number of nitrogens with one attached hydrogen (secondary N) is 3. The molecule has 2 heterocycles. The Morgan fingerprint density at radius 1 is 1.10 bits per heavy atom. The van der Waals surface area contributed by atoms with Crippen molar-refractivity contribution in [3.8, 4) is 17.5 Å². The van der Waals surface area contributed by atoms with E-state index in [1.807, 2.05) is 32.0 Å². The van der Waals surface area contributed by atoms with E-state index in [4.69, 9.17) is 23.2 Å². The zero-order valence-electron chi connectivity index (χ0n) is 23.4. The third-order valence-corrected chi connectivity index (χ3v) is 8.35. The number of piperazine rings is 1. The monoisotopic (exact) mass is 626 g/mol. The molecule has 3 aromatic rings. The van der Waals surface area contributed by atoms with Gasteiger partial charge in [0.05, 0.1) is 39.3 Å². The van der Waals surface area contributed by atoms with E-state index in [9.17, 15) is 9.59 Å². The summed E-state index contributed by atoms with van der Waals surface area (Å²) in [6.07, 6.45) is 2.37. The predicted molar refractivity (Wildman–Crippen MR) is 165 cm³/mol. The van der Waals surface area contributed by atoms with Gasteiger partial charge in [0, 0.05) is 31.7 Å². The van der Waals surface area contributed by atoms with Crippen LogP contribution in [0.1, 0.15) is 43.7 Å². The molecule has 2 aromatic carbocycles. The molecule has 5 rings (SSSR count). The third kappa shape index (κ3) is 8.24. The Balaban J connectivity index is 1.14. The lowest BCUT2D eigenvalue weighted by atomic mass is 10.1. The highest BCUT2D eigenvalue weighted by Gasteiger charge is 2.25. The minimum atomic E-state index is -0.722. The molecule has 2 aliphatic rings. The van der Waals surface area contributed by atoms with Crippen LogP contribution in [-0.4, -0.2) is 80.9 Å². The van der Waals surface area contributed by atoms with Crippen molar-refractivity contribution in [1.29, 1.82) is 0 Å². The molecule has 42 heavy (non-hydrogen) atoms. The van der Waals surface area contributed by atoms with Crippen molar-refractivity contribution in [1.82, 2.24) is 35.7 Å². The Kier molecular flexibility index (Phi) is 9.70. The topological polar surface area (TPSA) is 117 Å². The fourth-order valence-corrected chi connectivity index (χ4v) is 5.70. The average Bonchev–Trinajstić information content (AvgIpc) is 3.70. The Morgan fingerprint density at radius 2 is 1.88 bits per heavy atom. The molecule has 0 unspecified atom stereocenters. The highest BCUT2D eigenvalue weighted by Crippen LogP contribution is 2.41. The summed E-state index contributed by atoms with van der Waals surface area (Å²) in [6.45, 7) is 7.54. The van der Waals surface area contributed by atoms with Crippen LogP contribution in [0.4, 0.5) is 5.69 Å². The van der Waals surface area contributed by atoms with E-state index < -0.39 is 5.54 Å².